The number of carboxylic acids is 1. The number of rotatable bonds is 8. The van der Waals surface area contributed by atoms with Gasteiger partial charge in [-0.15, -0.1) is 18.9 Å². The van der Waals surface area contributed by atoms with E-state index in [4.69, 9.17) is 11.5 Å². The molecule has 6 heteroatoms. The summed E-state index contributed by atoms with van der Waals surface area (Å²) in [7, 11) is 0. The SMILES string of the molecule is C#CCC(NC(=O)NCCSCC=C)C(=O)O. The molecule has 0 saturated heterocycles. The van der Waals surface area contributed by atoms with Crippen LogP contribution in [0.4, 0.5) is 4.79 Å². The molecule has 0 aromatic rings. The second-order valence-corrected chi connectivity index (χ2v) is 4.21. The molecule has 1 atom stereocenters. The molecule has 0 saturated carbocycles. The summed E-state index contributed by atoms with van der Waals surface area (Å²) in [4.78, 5) is 22.0. The Morgan fingerprint density at radius 1 is 1.59 bits per heavy atom. The van der Waals surface area contributed by atoms with Crippen molar-refractivity contribution in [2.75, 3.05) is 18.1 Å². The van der Waals surface area contributed by atoms with Gasteiger partial charge in [0, 0.05) is 24.5 Å². The summed E-state index contributed by atoms with van der Waals surface area (Å²) in [5.41, 5.74) is 0. The van der Waals surface area contributed by atoms with E-state index in [1.807, 2.05) is 0 Å². The summed E-state index contributed by atoms with van der Waals surface area (Å²) in [5.74, 6) is 2.62. The van der Waals surface area contributed by atoms with Crippen LogP contribution < -0.4 is 10.6 Å². The second kappa shape index (κ2) is 9.60. The maximum Gasteiger partial charge on any atom is 0.327 e. The normalized spacial score (nSPS) is 11.0. The first-order valence-electron chi connectivity index (χ1n) is 5.01. The Bertz CT molecular complexity index is 312. The third-order valence-corrected chi connectivity index (χ3v) is 2.66. The zero-order chi connectivity index (χ0) is 13.1. The van der Waals surface area contributed by atoms with E-state index >= 15 is 0 Å². The van der Waals surface area contributed by atoms with Gasteiger partial charge in [-0.25, -0.2) is 9.59 Å². The van der Waals surface area contributed by atoms with Gasteiger partial charge in [-0.3, -0.25) is 0 Å². The monoisotopic (exact) mass is 256 g/mol. The van der Waals surface area contributed by atoms with Crippen molar-refractivity contribution in [3.63, 3.8) is 0 Å². The number of carboxylic acid groups (broad SMARTS) is 1. The molecule has 5 nitrogen and oxygen atoms in total. The number of amides is 2. The number of carbonyl (C=O) groups is 2. The van der Waals surface area contributed by atoms with Crippen molar-refractivity contribution in [2.24, 2.45) is 0 Å². The summed E-state index contributed by atoms with van der Waals surface area (Å²) in [6, 6.07) is -1.56. The van der Waals surface area contributed by atoms with Crippen LogP contribution in [0.2, 0.25) is 0 Å². The largest absolute Gasteiger partial charge is 0.480 e. The molecule has 2 amide bonds. The van der Waals surface area contributed by atoms with Crippen LogP contribution in [0, 0.1) is 12.3 Å². The predicted molar refractivity (Wildman–Crippen MR) is 68.9 cm³/mol. The first-order valence-corrected chi connectivity index (χ1v) is 6.16. The molecule has 0 fully saturated rings. The lowest BCUT2D eigenvalue weighted by Crippen LogP contribution is -2.46. The molecule has 0 rings (SSSR count). The smallest absolute Gasteiger partial charge is 0.327 e. The van der Waals surface area contributed by atoms with E-state index in [1.165, 1.54) is 0 Å². The minimum Gasteiger partial charge on any atom is -0.480 e. The topological polar surface area (TPSA) is 78.4 Å². The fraction of sp³-hybridized carbons (Fsp3) is 0.455. The first-order chi connectivity index (χ1) is 8.11. The molecule has 0 aromatic heterocycles. The van der Waals surface area contributed by atoms with Gasteiger partial charge in [0.25, 0.3) is 0 Å². The van der Waals surface area contributed by atoms with Gasteiger partial charge < -0.3 is 15.7 Å². The van der Waals surface area contributed by atoms with Gasteiger partial charge in [-0.1, -0.05) is 6.08 Å². The lowest BCUT2D eigenvalue weighted by atomic mass is 10.2. The fourth-order valence-electron chi connectivity index (χ4n) is 0.931. The Morgan fingerprint density at radius 3 is 2.82 bits per heavy atom. The van der Waals surface area contributed by atoms with Crippen LogP contribution in [0.25, 0.3) is 0 Å². The molecule has 3 N–H and O–H groups in total. The third kappa shape index (κ3) is 8.22. The van der Waals surface area contributed by atoms with Crippen molar-refractivity contribution in [2.45, 2.75) is 12.5 Å². The number of terminal acetylenes is 1. The predicted octanol–water partition coefficient (Wildman–Crippen LogP) is 0.681. The van der Waals surface area contributed by atoms with Crippen molar-refractivity contribution in [1.82, 2.24) is 10.6 Å². The number of aliphatic carboxylic acids is 1. The van der Waals surface area contributed by atoms with E-state index in [2.05, 4.69) is 23.1 Å². The highest BCUT2D eigenvalue weighted by atomic mass is 32.2. The Balaban J connectivity index is 3.79. The summed E-state index contributed by atoms with van der Waals surface area (Å²) >= 11 is 1.62. The molecule has 94 valence electrons. The molecule has 0 bridgehead atoms. The highest BCUT2D eigenvalue weighted by Gasteiger charge is 2.17. The maximum atomic E-state index is 11.3. The van der Waals surface area contributed by atoms with Gasteiger partial charge in [0.2, 0.25) is 0 Å². The van der Waals surface area contributed by atoms with Gasteiger partial charge in [-0.05, 0) is 0 Å². The highest BCUT2D eigenvalue weighted by molar-refractivity contribution is 7.99. The maximum absolute atomic E-state index is 11.3. The lowest BCUT2D eigenvalue weighted by Gasteiger charge is -2.12. The minimum atomic E-state index is -1.14. The number of nitrogens with one attached hydrogen (secondary N) is 2. The standard InChI is InChI=1S/C11H16N2O3S/c1-3-5-9(10(14)15)13-11(16)12-6-8-17-7-4-2/h1,4,9H,2,5-8H2,(H,14,15)(H2,12,13,16). The average Bonchev–Trinajstić information content (AvgIpc) is 2.28. The molecule has 0 aliphatic carbocycles. The molecule has 1 unspecified atom stereocenters. The summed E-state index contributed by atoms with van der Waals surface area (Å²) in [6.07, 6.45) is 6.74. The van der Waals surface area contributed by atoms with E-state index in [9.17, 15) is 9.59 Å². The van der Waals surface area contributed by atoms with Crippen molar-refractivity contribution < 1.29 is 14.7 Å². The van der Waals surface area contributed by atoms with Crippen LogP contribution >= 0.6 is 11.8 Å². The quantitative estimate of drug-likeness (QED) is 0.339. The Hall–Kier alpha value is -1.61. The number of thioether (sulfide) groups is 1. The average molecular weight is 256 g/mol. The van der Waals surface area contributed by atoms with E-state index in [-0.39, 0.29) is 6.42 Å². The summed E-state index contributed by atoms with van der Waals surface area (Å²) in [5, 5.41) is 13.6. The van der Waals surface area contributed by atoms with Crippen LogP contribution in [0.5, 0.6) is 0 Å². The Morgan fingerprint density at radius 2 is 2.29 bits per heavy atom. The van der Waals surface area contributed by atoms with Crippen LogP contribution in [0.3, 0.4) is 0 Å². The molecule has 0 aliphatic rings. The van der Waals surface area contributed by atoms with Crippen LogP contribution in [0.15, 0.2) is 12.7 Å². The fourth-order valence-corrected chi connectivity index (χ4v) is 1.51. The highest BCUT2D eigenvalue weighted by Crippen LogP contribution is 1.97. The van der Waals surface area contributed by atoms with Crippen molar-refractivity contribution in [1.29, 1.82) is 0 Å². The van der Waals surface area contributed by atoms with Crippen molar-refractivity contribution >= 4 is 23.8 Å². The van der Waals surface area contributed by atoms with Crippen molar-refractivity contribution in [3.05, 3.63) is 12.7 Å². The summed E-state index contributed by atoms with van der Waals surface area (Å²) in [6.45, 7) is 4.03. The van der Waals surface area contributed by atoms with E-state index in [0.717, 1.165) is 11.5 Å². The molecule has 0 aromatic carbocycles. The molecule has 17 heavy (non-hydrogen) atoms. The van der Waals surface area contributed by atoms with Crippen molar-refractivity contribution in [3.8, 4) is 12.3 Å². The lowest BCUT2D eigenvalue weighted by molar-refractivity contribution is -0.139. The van der Waals surface area contributed by atoms with E-state index in [0.29, 0.717) is 6.54 Å². The molecule has 0 aliphatic heterocycles. The van der Waals surface area contributed by atoms with Gasteiger partial charge >= 0.3 is 12.0 Å². The number of hydrogen-bond acceptors (Lipinski definition) is 3. The van der Waals surface area contributed by atoms with Gasteiger partial charge in [0.1, 0.15) is 6.04 Å². The minimum absolute atomic E-state index is 0.0338. The van der Waals surface area contributed by atoms with Crippen LogP contribution in [0.1, 0.15) is 6.42 Å². The van der Waals surface area contributed by atoms with Gasteiger partial charge in [0.15, 0.2) is 0 Å². The van der Waals surface area contributed by atoms with E-state index < -0.39 is 18.0 Å². The second-order valence-electron chi connectivity index (χ2n) is 3.06. The van der Waals surface area contributed by atoms with E-state index in [1.54, 1.807) is 17.8 Å². The number of hydrogen-bond donors (Lipinski definition) is 3. The first kappa shape index (κ1) is 15.4. The van der Waals surface area contributed by atoms with Crippen LogP contribution in [-0.2, 0) is 4.79 Å². The molecule has 0 spiro atoms. The zero-order valence-corrected chi connectivity index (χ0v) is 10.3. The number of carbonyl (C=O) groups excluding carboxylic acids is 1. The Kier molecular flexibility index (Phi) is 8.69. The zero-order valence-electron chi connectivity index (χ0n) is 9.44. The molecular formula is C11H16N2O3S. The molecular weight excluding hydrogens is 240 g/mol. The number of urea groups is 1. The summed E-state index contributed by atoms with van der Waals surface area (Å²) < 4.78 is 0. The van der Waals surface area contributed by atoms with Crippen LogP contribution in [-0.4, -0.2) is 41.2 Å². The Labute approximate surface area is 105 Å². The van der Waals surface area contributed by atoms with Gasteiger partial charge in [-0.2, -0.15) is 11.8 Å². The molecule has 0 heterocycles. The third-order valence-electron chi connectivity index (χ3n) is 1.69. The molecule has 0 radical (unpaired) electrons. The van der Waals surface area contributed by atoms with Gasteiger partial charge in [0.05, 0.1) is 0 Å².